The van der Waals surface area contributed by atoms with Crippen molar-refractivity contribution in [1.29, 1.82) is 0 Å². The predicted octanol–water partition coefficient (Wildman–Crippen LogP) is 12.3. The van der Waals surface area contributed by atoms with E-state index in [0.29, 0.717) is 33.2 Å². The molecule has 0 spiro atoms. The van der Waals surface area contributed by atoms with Crippen LogP contribution in [0.1, 0.15) is 21.9 Å². The monoisotopic (exact) mass is 793 g/mol. The van der Waals surface area contributed by atoms with E-state index >= 15 is 0 Å². The molecule has 10 aromatic rings. The van der Waals surface area contributed by atoms with Crippen LogP contribution in [0.5, 0.6) is 0 Å². The average Bonchev–Trinajstić information content (AvgIpc) is 3.93. The molecule has 0 N–H and O–H groups in total. The quantitative estimate of drug-likeness (QED) is 0.158. The van der Waals surface area contributed by atoms with Gasteiger partial charge < -0.3 is 13.7 Å². The van der Waals surface area contributed by atoms with Gasteiger partial charge in [0.05, 0.1) is 60.7 Å². The lowest BCUT2D eigenvalue weighted by Crippen LogP contribution is -1.98. The Morgan fingerprint density at radius 2 is 0.830 bits per heavy atom. The number of hydrogen-bond donors (Lipinski definition) is 0. The van der Waals surface area contributed by atoms with Gasteiger partial charge in [0.15, 0.2) is 0 Å². The van der Waals surface area contributed by atoms with Crippen LogP contribution in [0.3, 0.4) is 0 Å². The molecule has 0 saturated heterocycles. The molecular weight excluding hydrogens is 753 g/mol. The van der Waals surface area contributed by atoms with Crippen molar-refractivity contribution in [2.24, 2.45) is 0 Å². The van der Waals surface area contributed by atoms with Gasteiger partial charge in [-0.05, 0) is 101 Å². The van der Waals surface area contributed by atoms with Crippen molar-refractivity contribution in [1.82, 2.24) is 13.7 Å². The van der Waals surface area contributed by atoms with Gasteiger partial charge in [0.25, 0.3) is 0 Å². The molecule has 0 radical (unpaired) electrons. The fourth-order valence-corrected chi connectivity index (χ4v) is 7.48. The maximum absolute atomic E-state index is 9.06. The highest BCUT2D eigenvalue weighted by atomic mass is 127. The molecule has 0 fully saturated rings. The number of benzene rings is 7. The highest BCUT2D eigenvalue weighted by molar-refractivity contribution is 14.1. The summed E-state index contributed by atoms with van der Waals surface area (Å²) in [6.45, 7) is 0. The first-order valence-corrected chi connectivity index (χ1v) is 16.2. The number of halogens is 2. The normalized spacial score (nSPS) is 16.8. The number of rotatable bonds is 3. The lowest BCUT2D eigenvalue weighted by atomic mass is 10.1. The molecule has 0 amide bonds. The highest BCUT2D eigenvalue weighted by Gasteiger charge is 2.19. The van der Waals surface area contributed by atoms with Crippen molar-refractivity contribution >= 4 is 104 Å². The summed E-state index contributed by atoms with van der Waals surface area (Å²) in [6, 6.07) is 8.11. The summed E-state index contributed by atoms with van der Waals surface area (Å²) in [4.78, 5) is 0. The topological polar surface area (TPSA) is 14.8 Å². The summed E-state index contributed by atoms with van der Waals surface area (Å²) in [5, 5.41) is 0.825. The minimum atomic E-state index is -0.562. The number of nitrogens with zero attached hydrogens (tertiary/aromatic N) is 3. The third-order valence-corrected chi connectivity index (χ3v) is 9.87. The van der Waals surface area contributed by atoms with Crippen molar-refractivity contribution < 1.29 is 21.9 Å². The standard InChI is InChI=1S/C42H25BrIN3/c43-26-17-20-35(44)42(23-26)47-40-21-18-27(45-36-13-5-1-9-29(36)30-10-2-6-14-37(30)45)24-33(40)34-25-28(19-22-41(34)47)46-38-15-7-3-11-31(38)32-12-4-8-16-39(32)46/h1-25H/i1D,2D,3D,4D,5D,6D,7D,8D,9D,10D,11D,12D,13D,14D,15D,16D. The molecule has 7 aromatic carbocycles. The minimum Gasteiger partial charge on any atom is -0.309 e. The average molecular weight is 795 g/mol. The van der Waals surface area contributed by atoms with Crippen LogP contribution in [0.4, 0.5) is 0 Å². The lowest BCUT2D eigenvalue weighted by Gasteiger charge is -2.12. The van der Waals surface area contributed by atoms with Crippen LogP contribution in [0.2, 0.25) is 0 Å². The second-order valence-corrected chi connectivity index (χ2v) is 13.0. The molecule has 0 unspecified atom stereocenters. The number of hydrogen-bond acceptors (Lipinski definition) is 0. The van der Waals surface area contributed by atoms with Gasteiger partial charge in [0, 0.05) is 51.7 Å². The SMILES string of the molecule is [2H]c1c([2H])c([2H])c2c(c1[2H])c1c([2H])c([2H])c([2H])c([2H])c1n2-c1ccc2c(c1)c1cc(-n3c4c([2H])c([2H])c([2H])c([2H])c4c4c([2H])c([2H])c([2H])c([2H])c43)ccc1n2-c1cc(Br)ccc1I. The number of fused-ring (bicyclic) bond motifs is 9. The Labute approximate surface area is 315 Å². The van der Waals surface area contributed by atoms with Gasteiger partial charge in [-0.15, -0.1) is 0 Å². The Hall–Kier alpha value is -4.85. The molecule has 3 heterocycles. The summed E-state index contributed by atoms with van der Waals surface area (Å²) in [5.74, 6) is 0. The van der Waals surface area contributed by atoms with E-state index < -0.39 is 96.7 Å². The molecule has 3 nitrogen and oxygen atoms in total. The minimum absolute atomic E-state index is 0.0538. The molecule has 0 aliphatic heterocycles. The van der Waals surface area contributed by atoms with Crippen LogP contribution < -0.4 is 0 Å². The first-order valence-electron chi connectivity index (χ1n) is 22.4. The van der Waals surface area contributed by atoms with E-state index in [0.717, 1.165) is 13.7 Å². The van der Waals surface area contributed by atoms with Gasteiger partial charge in [0.2, 0.25) is 0 Å². The Kier molecular flexibility index (Phi) is 3.48. The van der Waals surface area contributed by atoms with Crippen LogP contribution in [-0.2, 0) is 0 Å². The zero-order valence-electron chi connectivity index (χ0n) is 39.8. The summed E-state index contributed by atoms with van der Waals surface area (Å²) in [5.41, 5.74) is 2.45. The Morgan fingerprint density at radius 3 is 1.26 bits per heavy atom. The van der Waals surface area contributed by atoms with Crippen molar-refractivity contribution in [3.8, 4) is 17.1 Å². The molecule has 3 aromatic heterocycles. The van der Waals surface area contributed by atoms with Gasteiger partial charge in [0.1, 0.15) is 0 Å². The molecule has 47 heavy (non-hydrogen) atoms. The van der Waals surface area contributed by atoms with E-state index in [-0.39, 0.29) is 43.6 Å². The zero-order valence-corrected chi connectivity index (χ0v) is 27.5. The summed E-state index contributed by atoms with van der Waals surface area (Å²) >= 11 is 5.82. The van der Waals surface area contributed by atoms with Crippen LogP contribution >= 0.6 is 38.5 Å². The van der Waals surface area contributed by atoms with Crippen LogP contribution in [-0.4, -0.2) is 13.7 Å². The fourth-order valence-electron chi connectivity index (χ4n) is 6.55. The molecule has 0 aliphatic carbocycles. The first kappa shape index (κ1) is 15.8. The van der Waals surface area contributed by atoms with Crippen molar-refractivity contribution in [2.45, 2.75) is 0 Å². The van der Waals surface area contributed by atoms with Gasteiger partial charge in [-0.1, -0.05) is 88.4 Å². The van der Waals surface area contributed by atoms with E-state index in [1.165, 1.54) is 9.13 Å². The maximum atomic E-state index is 9.06. The van der Waals surface area contributed by atoms with Crippen molar-refractivity contribution in [3.63, 3.8) is 0 Å². The Bertz CT molecular complexity index is 3430. The molecule has 0 aliphatic rings. The summed E-state index contributed by atoms with van der Waals surface area (Å²) in [6.07, 6.45) is 0. The maximum Gasteiger partial charge on any atom is 0.0645 e. The molecule has 0 atom stereocenters. The largest absolute Gasteiger partial charge is 0.309 e. The van der Waals surface area contributed by atoms with Gasteiger partial charge in [-0.3, -0.25) is 0 Å². The van der Waals surface area contributed by atoms with E-state index in [4.69, 9.17) is 21.9 Å². The smallest absolute Gasteiger partial charge is 0.0645 e. The van der Waals surface area contributed by atoms with Crippen molar-refractivity contribution in [3.05, 3.63) is 159 Å². The molecule has 10 rings (SSSR count). The number of aromatic nitrogens is 3. The molecule has 222 valence electrons. The van der Waals surface area contributed by atoms with E-state index in [2.05, 4.69) is 38.5 Å². The second kappa shape index (κ2) is 10.3. The summed E-state index contributed by atoms with van der Waals surface area (Å²) < 4.78 is 147. The first-order chi connectivity index (χ1) is 29.8. The van der Waals surface area contributed by atoms with Gasteiger partial charge in [-0.25, -0.2) is 0 Å². The lowest BCUT2D eigenvalue weighted by molar-refractivity contribution is 1.15. The molecular formula is C42H25BrIN3. The van der Waals surface area contributed by atoms with Gasteiger partial charge >= 0.3 is 0 Å². The molecule has 5 heteroatoms. The number of para-hydroxylation sites is 4. The Morgan fingerprint density at radius 1 is 0.426 bits per heavy atom. The summed E-state index contributed by atoms with van der Waals surface area (Å²) in [7, 11) is 0. The predicted molar refractivity (Wildman–Crippen MR) is 210 cm³/mol. The van der Waals surface area contributed by atoms with E-state index in [9.17, 15) is 0 Å². The van der Waals surface area contributed by atoms with Crippen LogP contribution in [0.15, 0.2) is 156 Å². The zero-order chi connectivity index (χ0) is 45.1. The van der Waals surface area contributed by atoms with Crippen LogP contribution in [0, 0.1) is 3.57 Å². The third kappa shape index (κ3) is 3.96. The molecule has 0 bridgehead atoms. The van der Waals surface area contributed by atoms with Gasteiger partial charge in [-0.2, -0.15) is 0 Å². The highest BCUT2D eigenvalue weighted by Crippen LogP contribution is 2.40. The Balaban J connectivity index is 1.40. The van der Waals surface area contributed by atoms with Crippen molar-refractivity contribution in [2.75, 3.05) is 0 Å². The van der Waals surface area contributed by atoms with E-state index in [1.807, 2.05) is 22.8 Å². The fraction of sp³-hybridized carbons (Fsp3) is 0. The van der Waals surface area contributed by atoms with E-state index in [1.54, 1.807) is 36.4 Å². The second-order valence-electron chi connectivity index (χ2n) is 10.9. The molecule has 0 saturated carbocycles. The third-order valence-electron chi connectivity index (χ3n) is 8.46. The van der Waals surface area contributed by atoms with Crippen LogP contribution in [0.25, 0.3) is 82.5 Å².